The maximum absolute atomic E-state index is 11.6. The van der Waals surface area contributed by atoms with Crippen LogP contribution in [-0.2, 0) is 17.6 Å². The minimum atomic E-state index is -0.493. The fourth-order valence-corrected chi connectivity index (χ4v) is 2.24. The van der Waals surface area contributed by atoms with Crippen molar-refractivity contribution in [2.75, 3.05) is 18.5 Å². The second kappa shape index (κ2) is 5.02. The van der Waals surface area contributed by atoms with E-state index in [9.17, 15) is 4.79 Å². The van der Waals surface area contributed by atoms with E-state index in [4.69, 9.17) is 5.26 Å². The Morgan fingerprint density at radius 1 is 1.47 bits per heavy atom. The molecule has 0 saturated carbocycles. The van der Waals surface area contributed by atoms with Gasteiger partial charge in [0.25, 0.3) is 0 Å². The molecule has 0 radical (unpaired) electrons. The van der Waals surface area contributed by atoms with Crippen LogP contribution in [0, 0.1) is 11.3 Å². The molecule has 0 aliphatic carbocycles. The van der Waals surface area contributed by atoms with Gasteiger partial charge in [-0.05, 0) is 37.5 Å². The van der Waals surface area contributed by atoms with Gasteiger partial charge in [-0.3, -0.25) is 10.1 Å². The molecule has 1 aromatic rings. The fourth-order valence-electron chi connectivity index (χ4n) is 2.24. The van der Waals surface area contributed by atoms with Crippen LogP contribution in [0.2, 0.25) is 0 Å². The average molecular weight is 257 g/mol. The van der Waals surface area contributed by atoms with Crippen molar-refractivity contribution >= 4 is 11.6 Å². The molecule has 0 spiro atoms. The van der Waals surface area contributed by atoms with E-state index in [2.05, 4.69) is 23.5 Å². The number of carbonyl (C=O) groups excluding carboxylic acids is 1. The number of nitrogens with zero attached hydrogens (tertiary/aromatic N) is 2. The third kappa shape index (κ3) is 2.94. The van der Waals surface area contributed by atoms with Crippen LogP contribution in [0.15, 0.2) is 18.2 Å². The minimum absolute atomic E-state index is 0.149. The van der Waals surface area contributed by atoms with Crippen molar-refractivity contribution in [3.63, 3.8) is 0 Å². The van der Waals surface area contributed by atoms with Gasteiger partial charge in [-0.2, -0.15) is 5.26 Å². The van der Waals surface area contributed by atoms with Crippen LogP contribution in [0.4, 0.5) is 5.69 Å². The van der Waals surface area contributed by atoms with Crippen LogP contribution < -0.4 is 10.2 Å². The maximum Gasteiger partial charge on any atom is 0.231 e. The van der Waals surface area contributed by atoms with Gasteiger partial charge in [0, 0.05) is 19.3 Å². The van der Waals surface area contributed by atoms with E-state index in [0.29, 0.717) is 6.42 Å². The number of fused-ring (bicyclic) bond motifs is 1. The quantitative estimate of drug-likeness (QED) is 0.892. The summed E-state index contributed by atoms with van der Waals surface area (Å²) < 4.78 is 0. The summed E-state index contributed by atoms with van der Waals surface area (Å²) in [6.45, 7) is 4.48. The molecular weight excluding hydrogens is 238 g/mol. The summed E-state index contributed by atoms with van der Waals surface area (Å²) in [6.07, 6.45) is 1.35. The van der Waals surface area contributed by atoms with E-state index in [-0.39, 0.29) is 5.91 Å². The molecule has 0 fully saturated rings. The number of amides is 1. The van der Waals surface area contributed by atoms with Crippen molar-refractivity contribution in [1.82, 2.24) is 5.32 Å². The van der Waals surface area contributed by atoms with E-state index >= 15 is 0 Å². The van der Waals surface area contributed by atoms with Crippen LogP contribution in [0.3, 0.4) is 0 Å². The second-order valence-corrected chi connectivity index (χ2v) is 5.51. The molecule has 1 aliphatic rings. The Morgan fingerprint density at radius 3 is 2.89 bits per heavy atom. The standard InChI is InChI=1S/C15H19N3O/c1-15(2,10-16)17-7-6-11-4-5-13-12(8-11)9-14(19)18(13)3/h4-5,8,17H,6-7,9H2,1-3H3. The molecule has 0 aromatic heterocycles. The highest BCUT2D eigenvalue weighted by molar-refractivity contribution is 6.00. The Balaban J connectivity index is 1.99. The van der Waals surface area contributed by atoms with E-state index in [1.54, 1.807) is 4.90 Å². The first-order chi connectivity index (χ1) is 8.93. The van der Waals surface area contributed by atoms with Crippen LogP contribution in [0.1, 0.15) is 25.0 Å². The topological polar surface area (TPSA) is 56.1 Å². The predicted molar refractivity (Wildman–Crippen MR) is 75.0 cm³/mol. The molecule has 1 heterocycles. The zero-order valence-corrected chi connectivity index (χ0v) is 11.7. The van der Waals surface area contributed by atoms with Crippen molar-refractivity contribution in [2.24, 2.45) is 0 Å². The highest BCUT2D eigenvalue weighted by atomic mass is 16.2. The van der Waals surface area contributed by atoms with Gasteiger partial charge in [0.15, 0.2) is 0 Å². The third-order valence-electron chi connectivity index (χ3n) is 3.48. The van der Waals surface area contributed by atoms with Crippen molar-refractivity contribution in [2.45, 2.75) is 32.2 Å². The summed E-state index contributed by atoms with van der Waals surface area (Å²) >= 11 is 0. The van der Waals surface area contributed by atoms with Crippen molar-refractivity contribution in [3.8, 4) is 6.07 Å². The Labute approximate surface area is 114 Å². The second-order valence-electron chi connectivity index (χ2n) is 5.51. The average Bonchev–Trinajstić information content (AvgIpc) is 2.65. The van der Waals surface area contributed by atoms with Gasteiger partial charge in [-0.1, -0.05) is 12.1 Å². The smallest absolute Gasteiger partial charge is 0.231 e. The van der Waals surface area contributed by atoms with E-state index in [1.165, 1.54) is 5.56 Å². The van der Waals surface area contributed by atoms with Gasteiger partial charge in [-0.25, -0.2) is 0 Å². The first-order valence-electron chi connectivity index (χ1n) is 6.47. The van der Waals surface area contributed by atoms with Gasteiger partial charge < -0.3 is 4.90 Å². The van der Waals surface area contributed by atoms with Gasteiger partial charge in [0.1, 0.15) is 5.54 Å². The molecule has 0 atom stereocenters. The molecule has 4 nitrogen and oxygen atoms in total. The van der Waals surface area contributed by atoms with E-state index in [0.717, 1.165) is 24.2 Å². The molecule has 1 aliphatic heterocycles. The van der Waals surface area contributed by atoms with Gasteiger partial charge >= 0.3 is 0 Å². The molecule has 1 amide bonds. The summed E-state index contributed by atoms with van der Waals surface area (Å²) in [5, 5.41) is 12.1. The van der Waals surface area contributed by atoms with Crippen molar-refractivity contribution < 1.29 is 4.79 Å². The Kier molecular flexibility index (Phi) is 3.59. The lowest BCUT2D eigenvalue weighted by Crippen LogP contribution is -2.38. The molecule has 0 bridgehead atoms. The maximum atomic E-state index is 11.6. The summed E-state index contributed by atoms with van der Waals surface area (Å²) in [6, 6.07) is 8.37. The summed E-state index contributed by atoms with van der Waals surface area (Å²) in [5.74, 6) is 0.149. The highest BCUT2D eigenvalue weighted by Gasteiger charge is 2.23. The Hall–Kier alpha value is -1.86. The van der Waals surface area contributed by atoms with Gasteiger partial charge in [-0.15, -0.1) is 0 Å². The molecule has 1 N–H and O–H groups in total. The molecular formula is C15H19N3O. The lowest BCUT2D eigenvalue weighted by Gasteiger charge is -2.17. The van der Waals surface area contributed by atoms with Gasteiger partial charge in [0.05, 0.1) is 12.5 Å². The number of benzene rings is 1. The number of hydrogen-bond acceptors (Lipinski definition) is 3. The summed E-state index contributed by atoms with van der Waals surface area (Å²) in [5.41, 5.74) is 2.82. The number of carbonyl (C=O) groups is 1. The molecule has 19 heavy (non-hydrogen) atoms. The van der Waals surface area contributed by atoms with Crippen LogP contribution >= 0.6 is 0 Å². The monoisotopic (exact) mass is 257 g/mol. The number of anilines is 1. The normalized spacial score (nSPS) is 14.4. The molecule has 0 unspecified atom stereocenters. The van der Waals surface area contributed by atoms with Crippen molar-refractivity contribution in [1.29, 1.82) is 5.26 Å². The molecule has 100 valence electrons. The van der Waals surface area contributed by atoms with Crippen LogP contribution in [-0.4, -0.2) is 25.0 Å². The molecule has 0 saturated heterocycles. The number of likely N-dealkylation sites (N-methyl/N-ethyl adjacent to an activating group) is 1. The molecule has 2 rings (SSSR count). The lowest BCUT2D eigenvalue weighted by molar-refractivity contribution is -0.117. The first-order valence-corrected chi connectivity index (χ1v) is 6.47. The van der Waals surface area contributed by atoms with Crippen LogP contribution in [0.25, 0.3) is 0 Å². The molecule has 1 aromatic carbocycles. The number of nitrogens with one attached hydrogen (secondary N) is 1. The largest absolute Gasteiger partial charge is 0.315 e. The van der Waals surface area contributed by atoms with Gasteiger partial charge in [0.2, 0.25) is 5.91 Å². The Bertz CT molecular complexity index is 543. The van der Waals surface area contributed by atoms with E-state index < -0.39 is 5.54 Å². The summed E-state index contributed by atoms with van der Waals surface area (Å²) in [4.78, 5) is 13.3. The lowest BCUT2D eigenvalue weighted by atomic mass is 10.0. The fraction of sp³-hybridized carbons (Fsp3) is 0.467. The Morgan fingerprint density at radius 2 is 2.21 bits per heavy atom. The molecule has 4 heteroatoms. The van der Waals surface area contributed by atoms with Crippen LogP contribution in [0.5, 0.6) is 0 Å². The zero-order valence-electron chi connectivity index (χ0n) is 11.7. The zero-order chi connectivity index (χ0) is 14.0. The minimum Gasteiger partial charge on any atom is -0.315 e. The predicted octanol–water partition coefficient (Wildman–Crippen LogP) is 1.64. The van der Waals surface area contributed by atoms with E-state index in [1.807, 2.05) is 27.0 Å². The number of hydrogen-bond donors (Lipinski definition) is 1. The first kappa shape index (κ1) is 13.6. The highest BCUT2D eigenvalue weighted by Crippen LogP contribution is 2.28. The number of rotatable bonds is 4. The third-order valence-corrected chi connectivity index (χ3v) is 3.48. The summed E-state index contributed by atoms with van der Waals surface area (Å²) in [7, 11) is 1.81. The van der Waals surface area contributed by atoms with Crippen molar-refractivity contribution in [3.05, 3.63) is 29.3 Å². The number of nitriles is 1. The SMILES string of the molecule is CN1C(=O)Cc2cc(CCNC(C)(C)C#N)ccc21.